The number of allylic oxidation sites excluding steroid dienone is 1. The van der Waals surface area contributed by atoms with Crippen molar-refractivity contribution in [2.45, 2.75) is 19.9 Å². The van der Waals surface area contributed by atoms with Crippen LogP contribution in [0.2, 0.25) is 0 Å². The number of carbonyl (C=O) groups excluding carboxylic acids is 1. The number of rotatable bonds is 8. The summed E-state index contributed by atoms with van der Waals surface area (Å²) in [4.78, 5) is 48.2. The zero-order valence-electron chi connectivity index (χ0n) is 24.7. The highest BCUT2D eigenvalue weighted by molar-refractivity contribution is 7.07. The molecule has 43 heavy (non-hydrogen) atoms. The van der Waals surface area contributed by atoms with Gasteiger partial charge in [-0.25, -0.2) is 9.79 Å². The van der Waals surface area contributed by atoms with Crippen molar-refractivity contribution in [3.63, 3.8) is 0 Å². The number of carbonyl (C=O) groups is 1. The van der Waals surface area contributed by atoms with Gasteiger partial charge in [-0.2, -0.15) is 0 Å². The number of aromatic nitrogens is 1. The van der Waals surface area contributed by atoms with Gasteiger partial charge in [-0.05, 0) is 51.2 Å². The first-order valence-electron chi connectivity index (χ1n) is 13.8. The molecule has 0 saturated carbocycles. The Morgan fingerprint density at radius 1 is 1.14 bits per heavy atom. The molecule has 0 bridgehead atoms. The van der Waals surface area contributed by atoms with Crippen molar-refractivity contribution in [2.75, 3.05) is 59.0 Å². The summed E-state index contributed by atoms with van der Waals surface area (Å²) in [6, 6.07) is 8.97. The van der Waals surface area contributed by atoms with Crippen LogP contribution in [0.4, 0.5) is 11.4 Å². The molecular formula is C30H33N5O7S. The van der Waals surface area contributed by atoms with Crippen LogP contribution in [-0.2, 0) is 9.53 Å². The van der Waals surface area contributed by atoms with E-state index in [2.05, 4.69) is 21.8 Å². The highest BCUT2D eigenvalue weighted by Crippen LogP contribution is 2.38. The third-order valence-corrected chi connectivity index (χ3v) is 8.58. The number of nitro benzene ring substituents is 1. The largest absolute Gasteiger partial charge is 0.497 e. The van der Waals surface area contributed by atoms with Gasteiger partial charge in [0.25, 0.3) is 11.2 Å². The molecule has 13 heteroatoms. The van der Waals surface area contributed by atoms with Gasteiger partial charge >= 0.3 is 5.97 Å². The quantitative estimate of drug-likeness (QED) is 0.216. The minimum atomic E-state index is -0.912. The Bertz CT molecular complexity index is 1790. The minimum absolute atomic E-state index is 0.0728. The first-order chi connectivity index (χ1) is 20.7. The molecule has 2 aliphatic rings. The predicted molar refractivity (Wildman–Crippen MR) is 163 cm³/mol. The van der Waals surface area contributed by atoms with Crippen molar-refractivity contribution in [2.24, 2.45) is 4.99 Å². The summed E-state index contributed by atoms with van der Waals surface area (Å²) < 4.78 is 18.3. The summed E-state index contributed by atoms with van der Waals surface area (Å²) in [5, 5.41) is 11.7. The third kappa shape index (κ3) is 5.77. The van der Waals surface area contributed by atoms with E-state index in [1.807, 2.05) is 0 Å². The first-order valence-corrected chi connectivity index (χ1v) is 14.6. The number of benzene rings is 2. The number of esters is 1. The number of nitro groups is 1. The van der Waals surface area contributed by atoms with Gasteiger partial charge in [0.15, 0.2) is 4.80 Å². The van der Waals surface area contributed by atoms with Gasteiger partial charge in [-0.15, -0.1) is 0 Å². The number of anilines is 1. The molecule has 3 heterocycles. The predicted octanol–water partition coefficient (Wildman–Crippen LogP) is 2.48. The molecule has 1 aromatic heterocycles. The molecule has 5 rings (SSSR count). The number of thiazole rings is 1. The summed E-state index contributed by atoms with van der Waals surface area (Å²) in [5.41, 5.74) is 2.04. The summed E-state index contributed by atoms with van der Waals surface area (Å²) in [6.45, 7) is 6.73. The van der Waals surface area contributed by atoms with Gasteiger partial charge < -0.3 is 24.0 Å². The molecule has 226 valence electrons. The highest BCUT2D eigenvalue weighted by Gasteiger charge is 2.35. The van der Waals surface area contributed by atoms with Gasteiger partial charge in [-0.1, -0.05) is 11.3 Å². The average molecular weight is 608 g/mol. The fourth-order valence-corrected chi connectivity index (χ4v) is 6.42. The van der Waals surface area contributed by atoms with E-state index < -0.39 is 22.5 Å². The van der Waals surface area contributed by atoms with E-state index >= 15 is 0 Å². The maximum atomic E-state index is 14.2. The van der Waals surface area contributed by atoms with Crippen LogP contribution in [0.3, 0.4) is 0 Å². The molecule has 1 saturated heterocycles. The number of piperazine rings is 1. The minimum Gasteiger partial charge on any atom is -0.497 e. The molecule has 12 nitrogen and oxygen atoms in total. The van der Waals surface area contributed by atoms with Crippen LogP contribution >= 0.6 is 11.3 Å². The SMILES string of the molecule is CCOC(=O)C1=C(C)N=c2s/c(=C/c3cc([N+](=O)[O-])ccc3N3CCN(C)CC3)c(=O)n2[C@@H]1c1cc(OC)ccc1OC. The first kappa shape index (κ1) is 30.0. The van der Waals surface area contributed by atoms with Crippen LogP contribution in [0.15, 0.2) is 57.5 Å². The molecule has 0 amide bonds. The van der Waals surface area contributed by atoms with E-state index in [9.17, 15) is 19.7 Å². The number of fused-ring (bicyclic) bond motifs is 1. The molecule has 2 aliphatic heterocycles. The van der Waals surface area contributed by atoms with Gasteiger partial charge in [0.1, 0.15) is 17.5 Å². The van der Waals surface area contributed by atoms with E-state index in [1.165, 1.54) is 30.9 Å². The number of hydrogen-bond acceptors (Lipinski definition) is 11. The van der Waals surface area contributed by atoms with Crippen molar-refractivity contribution in [3.05, 3.63) is 88.6 Å². The van der Waals surface area contributed by atoms with Crippen LogP contribution in [0.5, 0.6) is 11.5 Å². The van der Waals surface area contributed by atoms with E-state index in [0.29, 0.717) is 37.7 Å². The van der Waals surface area contributed by atoms with Gasteiger partial charge in [0.05, 0.1) is 41.6 Å². The Hall–Kier alpha value is -4.49. The van der Waals surface area contributed by atoms with Gasteiger partial charge in [-0.3, -0.25) is 19.5 Å². The van der Waals surface area contributed by atoms with Crippen molar-refractivity contribution < 1.29 is 23.9 Å². The van der Waals surface area contributed by atoms with Crippen molar-refractivity contribution in [1.29, 1.82) is 0 Å². The van der Waals surface area contributed by atoms with E-state index in [1.54, 1.807) is 44.2 Å². The normalized spacial score (nSPS) is 17.4. The topological polar surface area (TPSA) is 129 Å². The van der Waals surface area contributed by atoms with Crippen LogP contribution < -0.4 is 29.3 Å². The molecule has 0 unspecified atom stereocenters. The summed E-state index contributed by atoms with van der Waals surface area (Å²) in [7, 11) is 5.09. The smallest absolute Gasteiger partial charge is 0.338 e. The lowest BCUT2D eigenvalue weighted by molar-refractivity contribution is -0.384. The van der Waals surface area contributed by atoms with E-state index in [-0.39, 0.29) is 17.9 Å². The fraction of sp³-hybridized carbons (Fsp3) is 0.367. The maximum Gasteiger partial charge on any atom is 0.338 e. The van der Waals surface area contributed by atoms with E-state index in [0.717, 1.165) is 43.2 Å². The maximum absolute atomic E-state index is 14.2. The molecule has 3 aromatic rings. The van der Waals surface area contributed by atoms with Crippen molar-refractivity contribution in [1.82, 2.24) is 9.47 Å². The van der Waals surface area contributed by atoms with Crippen LogP contribution in [-0.4, -0.2) is 74.4 Å². The Labute approximate surface area is 251 Å². The Kier molecular flexibility index (Phi) is 8.64. The highest BCUT2D eigenvalue weighted by atomic mass is 32.1. The lowest BCUT2D eigenvalue weighted by atomic mass is 9.94. The van der Waals surface area contributed by atoms with Crippen LogP contribution in [0.25, 0.3) is 6.08 Å². The fourth-order valence-electron chi connectivity index (χ4n) is 5.39. The van der Waals surface area contributed by atoms with Gasteiger partial charge in [0.2, 0.25) is 0 Å². The molecule has 1 fully saturated rings. The van der Waals surface area contributed by atoms with Crippen LogP contribution in [0.1, 0.15) is 31.0 Å². The number of nitrogens with zero attached hydrogens (tertiary/aromatic N) is 5. The second-order valence-electron chi connectivity index (χ2n) is 10.2. The number of hydrogen-bond donors (Lipinski definition) is 0. The molecule has 0 radical (unpaired) electrons. The summed E-state index contributed by atoms with van der Waals surface area (Å²) >= 11 is 1.15. The zero-order chi connectivity index (χ0) is 30.8. The molecule has 2 aromatic carbocycles. The lowest BCUT2D eigenvalue weighted by Gasteiger charge is -2.34. The average Bonchev–Trinajstić information content (AvgIpc) is 3.30. The zero-order valence-corrected chi connectivity index (χ0v) is 25.5. The summed E-state index contributed by atoms with van der Waals surface area (Å²) in [6.07, 6.45) is 1.67. The monoisotopic (exact) mass is 607 g/mol. The Morgan fingerprint density at radius 3 is 2.53 bits per heavy atom. The molecular weight excluding hydrogens is 574 g/mol. The molecule has 0 N–H and O–H groups in total. The second-order valence-corrected chi connectivity index (χ2v) is 11.2. The Balaban J connectivity index is 1.74. The number of non-ortho nitro benzene ring substituents is 1. The number of methoxy groups -OCH3 is 2. The van der Waals surface area contributed by atoms with Crippen molar-refractivity contribution in [3.8, 4) is 11.5 Å². The van der Waals surface area contributed by atoms with Gasteiger partial charge in [0, 0.05) is 55.1 Å². The standard InChI is InChI=1S/C30H33N5O7S/c1-6-42-29(37)26-18(2)31-30-34(27(26)22-17-21(40-4)8-10-24(22)41-5)28(36)25(43-30)16-19-15-20(35(38)39)7-9-23(19)33-13-11-32(3)12-14-33/h7-10,15-17,27H,6,11-14H2,1-5H3/b25-16+/t27-/m1/s1. The number of ether oxygens (including phenoxy) is 3. The van der Waals surface area contributed by atoms with E-state index in [4.69, 9.17) is 14.2 Å². The van der Waals surface area contributed by atoms with Crippen LogP contribution in [0, 0.1) is 10.1 Å². The summed E-state index contributed by atoms with van der Waals surface area (Å²) in [5.74, 6) is 0.376. The second kappa shape index (κ2) is 12.4. The van der Waals surface area contributed by atoms with Crippen molar-refractivity contribution >= 4 is 34.8 Å². The molecule has 0 aliphatic carbocycles. The molecule has 1 atom stereocenters. The Morgan fingerprint density at radius 2 is 1.88 bits per heavy atom. The lowest BCUT2D eigenvalue weighted by Crippen LogP contribution is -2.44. The molecule has 0 spiro atoms. The number of likely N-dealkylation sites (N-methyl/N-ethyl adjacent to an activating group) is 1. The third-order valence-electron chi connectivity index (χ3n) is 7.60.